The lowest BCUT2D eigenvalue weighted by Gasteiger charge is -2.35. The van der Waals surface area contributed by atoms with E-state index in [1.54, 1.807) is 30.0 Å². The molecule has 1 aromatic heterocycles. The number of allylic oxidation sites excluding steroid dienone is 1. The zero-order chi connectivity index (χ0) is 23.9. The molecule has 0 radical (unpaired) electrons. The first kappa shape index (κ1) is 25.6. The van der Waals surface area contributed by atoms with Crippen LogP contribution in [0.4, 0.5) is 0 Å². The molecule has 2 N–H and O–H groups in total. The lowest BCUT2D eigenvalue weighted by Crippen LogP contribution is -2.44. The van der Waals surface area contributed by atoms with Gasteiger partial charge in [0.2, 0.25) is 0 Å². The predicted octanol–water partition coefficient (Wildman–Crippen LogP) is 2.12. The van der Waals surface area contributed by atoms with Gasteiger partial charge < -0.3 is 20.1 Å². The lowest BCUT2D eigenvalue weighted by molar-refractivity contribution is -0.116. The molecule has 2 rings (SSSR count). The van der Waals surface area contributed by atoms with Gasteiger partial charge in [-0.3, -0.25) is 9.59 Å². The molecule has 9 heteroatoms. The second-order valence-electron chi connectivity index (χ2n) is 8.30. The zero-order valence-electron chi connectivity index (χ0n) is 19.5. The van der Waals surface area contributed by atoms with Crippen molar-refractivity contribution in [1.29, 1.82) is 0 Å². The predicted molar refractivity (Wildman–Crippen MR) is 128 cm³/mol. The van der Waals surface area contributed by atoms with Crippen molar-refractivity contribution in [3.63, 3.8) is 0 Å². The van der Waals surface area contributed by atoms with Crippen LogP contribution in [0.1, 0.15) is 41.5 Å². The van der Waals surface area contributed by atoms with Crippen molar-refractivity contribution >= 4 is 27.7 Å². The van der Waals surface area contributed by atoms with Gasteiger partial charge >= 0.3 is 0 Å². The summed E-state index contributed by atoms with van der Waals surface area (Å²) in [6.07, 6.45) is 10.6. The number of carbonyl (C=O) groups excluding carboxylic acids is 2. The van der Waals surface area contributed by atoms with Crippen LogP contribution >= 0.6 is 0 Å². The Bertz CT molecular complexity index is 1010. The summed E-state index contributed by atoms with van der Waals surface area (Å²) in [6, 6.07) is 1.94. The summed E-state index contributed by atoms with van der Waals surface area (Å²) in [5.74, 6) is -0.694. The van der Waals surface area contributed by atoms with E-state index < -0.39 is 15.7 Å². The van der Waals surface area contributed by atoms with Crippen molar-refractivity contribution in [2.75, 3.05) is 39.2 Å². The number of aromatic amines is 1. The second kappa shape index (κ2) is 11.3. The number of hydrogen-bond acceptors (Lipinski definition) is 5. The van der Waals surface area contributed by atoms with Crippen LogP contribution in [0, 0.1) is 6.92 Å². The molecule has 0 spiro atoms. The van der Waals surface area contributed by atoms with Gasteiger partial charge in [0.1, 0.15) is 0 Å². The van der Waals surface area contributed by atoms with Gasteiger partial charge in [-0.2, -0.15) is 0 Å². The third kappa shape index (κ3) is 7.49. The van der Waals surface area contributed by atoms with E-state index in [9.17, 15) is 18.0 Å². The quantitative estimate of drug-likeness (QED) is 0.455. The van der Waals surface area contributed by atoms with Gasteiger partial charge in [0, 0.05) is 30.6 Å². The van der Waals surface area contributed by atoms with Gasteiger partial charge in [0.05, 0.1) is 17.0 Å². The van der Waals surface area contributed by atoms with E-state index in [2.05, 4.69) is 22.2 Å². The van der Waals surface area contributed by atoms with Crippen molar-refractivity contribution in [3.8, 4) is 0 Å². The zero-order valence-corrected chi connectivity index (χ0v) is 20.3. The number of amides is 2. The fourth-order valence-electron chi connectivity index (χ4n) is 3.58. The summed E-state index contributed by atoms with van der Waals surface area (Å²) < 4.78 is 22.9. The third-order valence-electron chi connectivity index (χ3n) is 5.41. The molecule has 1 saturated heterocycles. The molecule has 0 saturated carbocycles. The molecule has 32 heavy (non-hydrogen) atoms. The lowest BCUT2D eigenvalue weighted by atomic mass is 10.0. The number of H-pyrrole nitrogens is 1. The number of hydrogen-bond donors (Lipinski definition) is 2. The Labute approximate surface area is 191 Å². The van der Waals surface area contributed by atoms with E-state index in [-0.39, 0.29) is 23.3 Å². The van der Waals surface area contributed by atoms with Crippen molar-refractivity contribution in [1.82, 2.24) is 20.1 Å². The summed E-state index contributed by atoms with van der Waals surface area (Å²) in [6.45, 7) is 5.51. The highest BCUT2D eigenvalue weighted by Crippen LogP contribution is 2.21. The third-order valence-corrected chi connectivity index (χ3v) is 6.21. The molecule has 1 aliphatic heterocycles. The molecule has 176 valence electrons. The van der Waals surface area contributed by atoms with E-state index in [0.29, 0.717) is 11.3 Å². The summed E-state index contributed by atoms with van der Waals surface area (Å²) in [7, 11) is 0.685. The largest absolute Gasteiger partial charge is 0.358 e. The average molecular weight is 463 g/mol. The van der Waals surface area contributed by atoms with Gasteiger partial charge in [-0.05, 0) is 65.2 Å². The highest BCUT2D eigenvalue weighted by Gasteiger charge is 2.26. The minimum atomic E-state index is -3.21. The van der Waals surface area contributed by atoms with Crippen LogP contribution in [-0.2, 0) is 14.6 Å². The smallest absolute Gasteiger partial charge is 0.256 e. The van der Waals surface area contributed by atoms with E-state index in [1.807, 2.05) is 14.0 Å². The molecule has 1 aromatic rings. The molecule has 0 atom stereocenters. The average Bonchev–Trinajstić information content (AvgIpc) is 3.10. The summed E-state index contributed by atoms with van der Waals surface area (Å²) >= 11 is 0. The maximum Gasteiger partial charge on any atom is 0.256 e. The Morgan fingerprint density at radius 2 is 1.97 bits per heavy atom. The molecular weight excluding hydrogens is 428 g/mol. The molecule has 0 unspecified atom stereocenters. The monoisotopic (exact) mass is 462 g/mol. The Hall–Kier alpha value is -2.65. The number of carbonyl (C=O) groups is 2. The summed E-state index contributed by atoms with van der Waals surface area (Å²) in [5.41, 5.74) is 2.04. The van der Waals surface area contributed by atoms with Gasteiger partial charge in [-0.25, -0.2) is 8.42 Å². The van der Waals surface area contributed by atoms with E-state index in [1.165, 1.54) is 18.4 Å². The van der Waals surface area contributed by atoms with Crippen LogP contribution < -0.4 is 5.32 Å². The van der Waals surface area contributed by atoms with Crippen LogP contribution in [0.3, 0.4) is 0 Å². The first-order valence-corrected chi connectivity index (χ1v) is 12.7. The summed E-state index contributed by atoms with van der Waals surface area (Å²) in [5, 5.41) is 2.63. The molecule has 2 amide bonds. The first-order chi connectivity index (χ1) is 15.0. The maximum atomic E-state index is 13.3. The van der Waals surface area contributed by atoms with Crippen LogP contribution in [-0.4, -0.2) is 80.3 Å². The SMILES string of the molecule is CC=CNC(=O)C(C=CCS(C)(=O)=O)=Cc1[nH]c(C)cc1C(=O)N(C)C1CCN(C)CC1. The molecule has 8 nitrogen and oxygen atoms in total. The van der Waals surface area contributed by atoms with E-state index >= 15 is 0 Å². The van der Waals surface area contributed by atoms with Crippen molar-refractivity contribution in [2.24, 2.45) is 0 Å². The number of nitrogens with zero attached hydrogens (tertiary/aromatic N) is 2. The minimum absolute atomic E-state index is 0.108. The van der Waals surface area contributed by atoms with Crippen molar-refractivity contribution < 1.29 is 18.0 Å². The topological polar surface area (TPSA) is 103 Å². The molecule has 2 heterocycles. The normalized spacial score (nSPS) is 16.7. The number of nitrogens with one attached hydrogen (secondary N) is 2. The molecule has 0 aliphatic carbocycles. The van der Waals surface area contributed by atoms with Crippen molar-refractivity contribution in [2.45, 2.75) is 32.7 Å². The fraction of sp³-hybridized carbons (Fsp3) is 0.478. The van der Waals surface area contributed by atoms with Crippen molar-refractivity contribution in [3.05, 3.63) is 53.0 Å². The molecule has 1 fully saturated rings. The number of aromatic nitrogens is 1. The molecular formula is C23H34N4O4S. The van der Waals surface area contributed by atoms with E-state index in [4.69, 9.17) is 0 Å². The van der Waals surface area contributed by atoms with Crippen LogP contribution in [0.25, 0.3) is 6.08 Å². The van der Waals surface area contributed by atoms with Crippen LogP contribution in [0.15, 0.2) is 36.1 Å². The standard InChI is InChI=1S/C23H34N4O4S/c1-6-11-24-22(28)18(8-7-14-32(5,30)31)16-21-20(15-17(2)25-21)23(29)27(4)19-9-12-26(3)13-10-19/h6-8,11,15-16,19,25H,9-10,12-14H2,1-5H3,(H,24,28). The molecule has 0 bridgehead atoms. The highest BCUT2D eigenvalue weighted by molar-refractivity contribution is 7.90. The minimum Gasteiger partial charge on any atom is -0.358 e. The van der Waals surface area contributed by atoms with Gasteiger partial charge in [0.15, 0.2) is 9.84 Å². The number of sulfone groups is 1. The first-order valence-electron chi connectivity index (χ1n) is 10.6. The second-order valence-corrected chi connectivity index (χ2v) is 10.5. The Morgan fingerprint density at radius 3 is 2.56 bits per heavy atom. The van der Waals surface area contributed by atoms with Crippen LogP contribution in [0.5, 0.6) is 0 Å². The number of piperidine rings is 1. The molecule has 1 aliphatic rings. The van der Waals surface area contributed by atoms with Gasteiger partial charge in [-0.15, -0.1) is 0 Å². The Balaban J connectivity index is 2.36. The van der Waals surface area contributed by atoms with Gasteiger partial charge in [0.25, 0.3) is 11.8 Å². The Morgan fingerprint density at radius 1 is 1.31 bits per heavy atom. The Kier molecular flexibility index (Phi) is 9.03. The fourth-order valence-corrected chi connectivity index (χ4v) is 4.02. The highest BCUT2D eigenvalue weighted by atomic mass is 32.2. The van der Waals surface area contributed by atoms with E-state index in [0.717, 1.165) is 37.9 Å². The number of likely N-dealkylation sites (tertiary alicyclic amines) is 1. The van der Waals surface area contributed by atoms with Crippen LogP contribution in [0.2, 0.25) is 0 Å². The molecule has 0 aromatic carbocycles. The maximum absolute atomic E-state index is 13.3. The number of aryl methyl sites for hydroxylation is 1. The van der Waals surface area contributed by atoms with Gasteiger partial charge in [-0.1, -0.05) is 18.2 Å². The summed E-state index contributed by atoms with van der Waals surface area (Å²) in [4.78, 5) is 33.1. The number of rotatable bonds is 8.